The highest BCUT2D eigenvalue weighted by molar-refractivity contribution is 4.75. The predicted molar refractivity (Wildman–Crippen MR) is 90.4 cm³/mol. The van der Waals surface area contributed by atoms with Gasteiger partial charge in [-0.15, -0.1) is 0 Å². The van der Waals surface area contributed by atoms with E-state index < -0.39 is 0 Å². The normalized spacial score (nSPS) is 17.6. The number of nitrogens with zero attached hydrogens (tertiary/aromatic N) is 1. The van der Waals surface area contributed by atoms with Gasteiger partial charge in [-0.05, 0) is 32.4 Å². The number of nitrogens with one attached hydrogen (secondary N) is 1. The molecule has 0 amide bonds. The average molecular weight is 283 g/mol. The van der Waals surface area contributed by atoms with Gasteiger partial charge in [0, 0.05) is 19.1 Å². The highest BCUT2D eigenvalue weighted by Crippen LogP contribution is 2.18. The van der Waals surface area contributed by atoms with E-state index in [2.05, 4.69) is 24.1 Å². The standard InChI is InChI=1S/C18H38N2/c1-3-5-7-9-12-18(13-10-8-6-4-2)20-16-11-14-19-15-17-20/h18-19H,3-17H2,1-2H3. The molecule has 120 valence electrons. The first-order valence-corrected chi connectivity index (χ1v) is 9.33. The Morgan fingerprint density at radius 2 is 1.45 bits per heavy atom. The highest BCUT2D eigenvalue weighted by atomic mass is 15.2. The summed E-state index contributed by atoms with van der Waals surface area (Å²) in [6.07, 6.45) is 15.5. The number of unbranched alkanes of at least 4 members (excludes halogenated alkanes) is 6. The van der Waals surface area contributed by atoms with Crippen LogP contribution in [0.5, 0.6) is 0 Å². The lowest BCUT2D eigenvalue weighted by molar-refractivity contribution is 0.181. The van der Waals surface area contributed by atoms with Crippen LogP contribution in [0.4, 0.5) is 0 Å². The summed E-state index contributed by atoms with van der Waals surface area (Å²) in [6, 6.07) is 0.864. The lowest BCUT2D eigenvalue weighted by atomic mass is 9.99. The van der Waals surface area contributed by atoms with Crippen LogP contribution in [-0.4, -0.2) is 37.1 Å². The zero-order valence-electron chi connectivity index (χ0n) is 14.1. The molecule has 0 unspecified atom stereocenters. The first-order chi connectivity index (χ1) is 9.88. The van der Waals surface area contributed by atoms with Crippen molar-refractivity contribution in [2.45, 2.75) is 90.5 Å². The third-order valence-electron chi connectivity index (χ3n) is 4.67. The Bertz CT molecular complexity index is 186. The van der Waals surface area contributed by atoms with Crippen LogP contribution in [0.25, 0.3) is 0 Å². The average Bonchev–Trinajstić information content (AvgIpc) is 2.75. The summed E-state index contributed by atoms with van der Waals surface area (Å²) in [4.78, 5) is 2.79. The van der Waals surface area contributed by atoms with Gasteiger partial charge in [0.2, 0.25) is 0 Å². The van der Waals surface area contributed by atoms with Crippen molar-refractivity contribution in [3.8, 4) is 0 Å². The predicted octanol–water partition coefficient (Wildman–Crippen LogP) is 4.59. The van der Waals surface area contributed by atoms with E-state index in [4.69, 9.17) is 0 Å². The number of rotatable bonds is 11. The summed E-state index contributed by atoms with van der Waals surface area (Å²) in [5.41, 5.74) is 0. The van der Waals surface area contributed by atoms with Crippen LogP contribution in [0.15, 0.2) is 0 Å². The Morgan fingerprint density at radius 1 is 0.800 bits per heavy atom. The lowest BCUT2D eigenvalue weighted by Gasteiger charge is -2.30. The Balaban J connectivity index is 2.31. The summed E-state index contributed by atoms with van der Waals surface area (Å²) < 4.78 is 0. The molecule has 1 aliphatic rings. The van der Waals surface area contributed by atoms with Gasteiger partial charge in [-0.1, -0.05) is 65.2 Å². The summed E-state index contributed by atoms with van der Waals surface area (Å²) in [5, 5.41) is 3.54. The van der Waals surface area contributed by atoms with Gasteiger partial charge >= 0.3 is 0 Å². The molecule has 1 N–H and O–H groups in total. The zero-order chi connectivity index (χ0) is 14.5. The van der Waals surface area contributed by atoms with Gasteiger partial charge in [0.25, 0.3) is 0 Å². The summed E-state index contributed by atoms with van der Waals surface area (Å²) in [7, 11) is 0. The molecule has 1 aliphatic heterocycles. The van der Waals surface area contributed by atoms with E-state index in [0.717, 1.165) is 6.04 Å². The molecule has 0 spiro atoms. The lowest BCUT2D eigenvalue weighted by Crippen LogP contribution is -2.38. The van der Waals surface area contributed by atoms with E-state index in [1.807, 2.05) is 0 Å². The van der Waals surface area contributed by atoms with Gasteiger partial charge in [0.05, 0.1) is 0 Å². The van der Waals surface area contributed by atoms with E-state index in [0.29, 0.717) is 0 Å². The largest absolute Gasteiger partial charge is 0.315 e. The van der Waals surface area contributed by atoms with E-state index in [1.54, 1.807) is 0 Å². The molecule has 0 aliphatic carbocycles. The zero-order valence-corrected chi connectivity index (χ0v) is 14.1. The third-order valence-corrected chi connectivity index (χ3v) is 4.67. The van der Waals surface area contributed by atoms with Crippen molar-refractivity contribution in [3.05, 3.63) is 0 Å². The monoisotopic (exact) mass is 282 g/mol. The Hall–Kier alpha value is -0.0800. The van der Waals surface area contributed by atoms with Gasteiger partial charge in [0.15, 0.2) is 0 Å². The van der Waals surface area contributed by atoms with Crippen molar-refractivity contribution in [2.24, 2.45) is 0 Å². The molecule has 0 aromatic heterocycles. The van der Waals surface area contributed by atoms with Gasteiger partial charge in [-0.25, -0.2) is 0 Å². The topological polar surface area (TPSA) is 15.3 Å². The van der Waals surface area contributed by atoms with Crippen LogP contribution < -0.4 is 5.32 Å². The maximum atomic E-state index is 3.54. The van der Waals surface area contributed by atoms with Crippen LogP contribution in [0.1, 0.15) is 84.5 Å². The molecule has 2 heteroatoms. The Morgan fingerprint density at radius 3 is 2.05 bits per heavy atom. The smallest absolute Gasteiger partial charge is 0.0110 e. The SMILES string of the molecule is CCCCCCC(CCCCCC)N1CCCNCC1. The second-order valence-corrected chi connectivity index (χ2v) is 6.49. The number of hydrogen-bond donors (Lipinski definition) is 1. The van der Waals surface area contributed by atoms with Gasteiger partial charge in [-0.2, -0.15) is 0 Å². The first kappa shape index (κ1) is 18.0. The van der Waals surface area contributed by atoms with Crippen LogP contribution in [0.3, 0.4) is 0 Å². The molecule has 1 saturated heterocycles. The third kappa shape index (κ3) is 8.26. The molecule has 1 rings (SSSR count). The number of hydrogen-bond acceptors (Lipinski definition) is 2. The molecule has 0 aromatic rings. The summed E-state index contributed by atoms with van der Waals surface area (Å²) in [5.74, 6) is 0. The van der Waals surface area contributed by atoms with Gasteiger partial charge in [-0.3, -0.25) is 4.90 Å². The van der Waals surface area contributed by atoms with Gasteiger partial charge < -0.3 is 5.32 Å². The quantitative estimate of drug-likeness (QED) is 0.558. The maximum absolute atomic E-state index is 3.54. The minimum atomic E-state index is 0.864. The molecule has 2 nitrogen and oxygen atoms in total. The van der Waals surface area contributed by atoms with Crippen LogP contribution in [0, 0.1) is 0 Å². The molecule has 1 fully saturated rings. The van der Waals surface area contributed by atoms with Crippen LogP contribution >= 0.6 is 0 Å². The fourth-order valence-corrected chi connectivity index (χ4v) is 3.35. The van der Waals surface area contributed by atoms with Crippen LogP contribution in [0.2, 0.25) is 0 Å². The van der Waals surface area contributed by atoms with Crippen molar-refractivity contribution < 1.29 is 0 Å². The minimum absolute atomic E-state index is 0.864. The molecular formula is C18H38N2. The Kier molecular flexibility index (Phi) is 11.4. The fraction of sp³-hybridized carbons (Fsp3) is 1.00. The highest BCUT2D eigenvalue weighted by Gasteiger charge is 2.18. The molecule has 0 aromatic carbocycles. The second-order valence-electron chi connectivity index (χ2n) is 6.49. The van der Waals surface area contributed by atoms with Crippen LogP contribution in [-0.2, 0) is 0 Å². The van der Waals surface area contributed by atoms with Gasteiger partial charge in [0.1, 0.15) is 0 Å². The summed E-state index contributed by atoms with van der Waals surface area (Å²) >= 11 is 0. The van der Waals surface area contributed by atoms with E-state index in [9.17, 15) is 0 Å². The fourth-order valence-electron chi connectivity index (χ4n) is 3.35. The molecule has 0 saturated carbocycles. The molecular weight excluding hydrogens is 244 g/mol. The maximum Gasteiger partial charge on any atom is 0.0110 e. The minimum Gasteiger partial charge on any atom is -0.315 e. The molecule has 20 heavy (non-hydrogen) atoms. The van der Waals surface area contributed by atoms with Crippen molar-refractivity contribution in [1.82, 2.24) is 10.2 Å². The summed E-state index contributed by atoms with van der Waals surface area (Å²) in [6.45, 7) is 9.62. The molecule has 0 bridgehead atoms. The molecule has 0 atom stereocenters. The Labute approximate surface area is 127 Å². The van der Waals surface area contributed by atoms with Crippen molar-refractivity contribution in [1.29, 1.82) is 0 Å². The van der Waals surface area contributed by atoms with Crippen molar-refractivity contribution >= 4 is 0 Å². The van der Waals surface area contributed by atoms with Crippen molar-refractivity contribution in [3.63, 3.8) is 0 Å². The van der Waals surface area contributed by atoms with E-state index in [-0.39, 0.29) is 0 Å². The molecule has 0 radical (unpaired) electrons. The second kappa shape index (κ2) is 12.6. The van der Waals surface area contributed by atoms with E-state index >= 15 is 0 Å². The molecule has 1 heterocycles. The van der Waals surface area contributed by atoms with Crippen molar-refractivity contribution in [2.75, 3.05) is 26.2 Å². The van der Waals surface area contributed by atoms with E-state index in [1.165, 1.54) is 96.8 Å². The first-order valence-electron chi connectivity index (χ1n) is 9.33.